The summed E-state index contributed by atoms with van der Waals surface area (Å²) in [6, 6.07) is 8.75. The first-order valence-electron chi connectivity index (χ1n) is 13.7. The van der Waals surface area contributed by atoms with Crippen molar-refractivity contribution in [3.05, 3.63) is 52.0 Å². The molecule has 226 valence electrons. The van der Waals surface area contributed by atoms with Gasteiger partial charge in [0.1, 0.15) is 16.3 Å². The number of ether oxygens (including phenoxy) is 2. The first kappa shape index (κ1) is 33.7. The number of esters is 1. The fourth-order valence-corrected chi connectivity index (χ4v) is 5.22. The number of amides is 2. The van der Waals surface area contributed by atoms with Gasteiger partial charge in [0, 0.05) is 37.9 Å². The van der Waals surface area contributed by atoms with Crippen LogP contribution < -0.4 is 5.32 Å². The molecule has 11 heteroatoms. The minimum atomic E-state index is -0.937. The van der Waals surface area contributed by atoms with Crippen molar-refractivity contribution in [1.82, 2.24) is 15.2 Å². The smallest absolute Gasteiger partial charge is 0.410 e. The Balaban J connectivity index is 2.25. The van der Waals surface area contributed by atoms with E-state index in [9.17, 15) is 24.3 Å². The molecule has 0 bridgehead atoms. The lowest BCUT2D eigenvalue weighted by atomic mass is 9.96. The maximum Gasteiger partial charge on any atom is 0.410 e. The molecule has 2 aromatic rings. The molecule has 1 heterocycles. The van der Waals surface area contributed by atoms with E-state index in [4.69, 9.17) is 9.47 Å². The molecule has 10 nitrogen and oxygen atoms in total. The largest absolute Gasteiger partial charge is 0.481 e. The number of hydrogen-bond acceptors (Lipinski definition) is 8. The number of carbonyl (C=O) groups is 4. The van der Waals surface area contributed by atoms with Crippen LogP contribution in [0.2, 0.25) is 0 Å². The van der Waals surface area contributed by atoms with Crippen molar-refractivity contribution >= 4 is 35.3 Å². The van der Waals surface area contributed by atoms with E-state index in [1.54, 1.807) is 40.1 Å². The van der Waals surface area contributed by atoms with Gasteiger partial charge in [0.25, 0.3) is 5.91 Å². The highest BCUT2D eigenvalue weighted by molar-refractivity contribution is 7.09. The average molecular weight is 590 g/mol. The highest BCUT2D eigenvalue weighted by atomic mass is 32.1. The summed E-state index contributed by atoms with van der Waals surface area (Å²) in [6.07, 6.45) is -0.310. The molecular weight excluding hydrogens is 546 g/mol. The first-order valence-corrected chi connectivity index (χ1v) is 14.6. The molecule has 2 rings (SSSR count). The van der Waals surface area contributed by atoms with Crippen LogP contribution in [0.4, 0.5) is 4.79 Å². The van der Waals surface area contributed by atoms with Crippen LogP contribution in [-0.2, 0) is 25.5 Å². The molecule has 1 aromatic carbocycles. The van der Waals surface area contributed by atoms with Gasteiger partial charge in [0.2, 0.25) is 0 Å². The second-order valence-electron chi connectivity index (χ2n) is 11.6. The Morgan fingerprint density at radius 1 is 1.07 bits per heavy atom. The van der Waals surface area contributed by atoms with Gasteiger partial charge in [-0.05, 0) is 45.1 Å². The molecule has 41 heavy (non-hydrogen) atoms. The lowest BCUT2D eigenvalue weighted by Gasteiger charge is -2.34. The van der Waals surface area contributed by atoms with Gasteiger partial charge in [-0.25, -0.2) is 9.78 Å². The fraction of sp³-hybridized carbons (Fsp3) is 0.567. The summed E-state index contributed by atoms with van der Waals surface area (Å²) in [5.74, 6) is -2.54. The number of benzene rings is 1. The molecule has 1 aromatic heterocycles. The molecule has 0 saturated heterocycles. The number of rotatable bonds is 13. The molecular formula is C30H43N3O7S. The van der Waals surface area contributed by atoms with Crippen LogP contribution in [0.15, 0.2) is 35.7 Å². The Labute approximate surface area is 246 Å². The molecule has 0 saturated carbocycles. The van der Waals surface area contributed by atoms with E-state index in [1.165, 1.54) is 23.2 Å². The van der Waals surface area contributed by atoms with Crippen LogP contribution in [0, 0.1) is 11.8 Å². The normalized spacial score (nSPS) is 14.5. The van der Waals surface area contributed by atoms with Gasteiger partial charge >= 0.3 is 18.0 Å². The van der Waals surface area contributed by atoms with Crippen LogP contribution in [-0.4, -0.2) is 63.7 Å². The van der Waals surface area contributed by atoms with E-state index in [0.29, 0.717) is 11.4 Å². The number of aliphatic carboxylic acids is 1. The van der Waals surface area contributed by atoms with Crippen LogP contribution in [0.5, 0.6) is 0 Å². The minimum Gasteiger partial charge on any atom is -0.481 e. The number of aromatic nitrogens is 1. The van der Waals surface area contributed by atoms with Crippen molar-refractivity contribution in [2.45, 2.75) is 91.5 Å². The zero-order valence-corrected chi connectivity index (χ0v) is 26.0. The minimum absolute atomic E-state index is 0.00303. The Morgan fingerprint density at radius 3 is 2.24 bits per heavy atom. The molecule has 2 amide bonds. The van der Waals surface area contributed by atoms with E-state index in [0.717, 1.165) is 5.56 Å². The zero-order chi connectivity index (χ0) is 30.9. The summed E-state index contributed by atoms with van der Waals surface area (Å²) in [4.78, 5) is 55.5. The molecule has 0 aliphatic heterocycles. The van der Waals surface area contributed by atoms with E-state index in [1.807, 2.05) is 44.2 Å². The predicted octanol–water partition coefficient (Wildman–Crippen LogP) is 5.48. The summed E-state index contributed by atoms with van der Waals surface area (Å²) in [5.41, 5.74) is 0.447. The van der Waals surface area contributed by atoms with Crippen molar-refractivity contribution in [3.8, 4) is 0 Å². The number of carbonyl (C=O) groups excluding carboxylic acids is 3. The number of nitrogens with one attached hydrogen (secondary N) is 1. The number of carboxylic acids is 1. The van der Waals surface area contributed by atoms with Crippen molar-refractivity contribution in [2.75, 3.05) is 7.05 Å². The lowest BCUT2D eigenvalue weighted by molar-refractivity contribution is -0.148. The number of thiazole rings is 1. The van der Waals surface area contributed by atoms with Crippen molar-refractivity contribution in [3.63, 3.8) is 0 Å². The fourth-order valence-electron chi connectivity index (χ4n) is 4.38. The van der Waals surface area contributed by atoms with Crippen LogP contribution in [0.25, 0.3) is 0 Å². The summed E-state index contributed by atoms with van der Waals surface area (Å²) >= 11 is 1.18. The molecule has 0 unspecified atom stereocenters. The van der Waals surface area contributed by atoms with Gasteiger partial charge in [0.05, 0.1) is 5.92 Å². The molecule has 0 aliphatic rings. The van der Waals surface area contributed by atoms with Crippen molar-refractivity contribution in [1.29, 1.82) is 0 Å². The van der Waals surface area contributed by atoms with E-state index >= 15 is 0 Å². The van der Waals surface area contributed by atoms with Gasteiger partial charge in [-0.3, -0.25) is 14.4 Å². The summed E-state index contributed by atoms with van der Waals surface area (Å²) in [7, 11) is 1.65. The van der Waals surface area contributed by atoms with Crippen molar-refractivity contribution in [2.24, 2.45) is 11.8 Å². The monoisotopic (exact) mass is 589 g/mol. The lowest BCUT2D eigenvalue weighted by Crippen LogP contribution is -2.44. The molecule has 2 N–H and O–H groups in total. The zero-order valence-electron chi connectivity index (χ0n) is 25.2. The van der Waals surface area contributed by atoms with E-state index < -0.39 is 47.6 Å². The van der Waals surface area contributed by atoms with Crippen LogP contribution >= 0.6 is 11.3 Å². The first-order chi connectivity index (χ1) is 19.1. The van der Waals surface area contributed by atoms with Crippen LogP contribution in [0.1, 0.15) is 88.5 Å². The molecule has 4 atom stereocenters. The number of hydrogen-bond donors (Lipinski definition) is 2. The summed E-state index contributed by atoms with van der Waals surface area (Å²) < 4.78 is 11.1. The average Bonchev–Trinajstić information content (AvgIpc) is 3.35. The Kier molecular flexibility index (Phi) is 12.3. The Morgan fingerprint density at radius 2 is 1.71 bits per heavy atom. The highest BCUT2D eigenvalue weighted by Gasteiger charge is 2.33. The Hall–Kier alpha value is -3.47. The van der Waals surface area contributed by atoms with E-state index in [2.05, 4.69) is 10.3 Å². The second-order valence-corrected chi connectivity index (χ2v) is 12.5. The van der Waals surface area contributed by atoms with Gasteiger partial charge in [-0.1, -0.05) is 51.1 Å². The predicted molar refractivity (Wildman–Crippen MR) is 157 cm³/mol. The van der Waals surface area contributed by atoms with Gasteiger partial charge in [0.15, 0.2) is 6.10 Å². The van der Waals surface area contributed by atoms with Gasteiger partial charge in [-0.15, -0.1) is 11.3 Å². The third-order valence-corrected chi connectivity index (χ3v) is 7.40. The quantitative estimate of drug-likeness (QED) is 0.293. The van der Waals surface area contributed by atoms with Gasteiger partial charge in [-0.2, -0.15) is 0 Å². The standard InChI is InChI=1S/C30H43N3O7S/c1-18(2)24(33(8)29(38)40-30(5,6)7)16-25(39-20(4)34)27-32-23(17-41-27)26(35)31-22(14-19(3)28(36)37)15-21-12-10-9-11-13-21/h9-13,17-19,22,24-25H,14-16H2,1-8H3,(H,31,35)(H,36,37)/t19-,22-,24-,25+/m0/s1. The van der Waals surface area contributed by atoms with Gasteiger partial charge < -0.3 is 24.8 Å². The molecule has 0 radical (unpaired) electrons. The maximum absolute atomic E-state index is 13.2. The number of nitrogens with zero attached hydrogens (tertiary/aromatic N) is 2. The maximum atomic E-state index is 13.2. The third kappa shape index (κ3) is 11.1. The molecule has 0 aliphatic carbocycles. The van der Waals surface area contributed by atoms with Crippen LogP contribution in [0.3, 0.4) is 0 Å². The molecule has 0 spiro atoms. The summed E-state index contributed by atoms with van der Waals surface area (Å²) in [6.45, 7) is 12.2. The summed E-state index contributed by atoms with van der Waals surface area (Å²) in [5, 5.41) is 14.4. The van der Waals surface area contributed by atoms with Crippen molar-refractivity contribution < 1.29 is 33.8 Å². The third-order valence-electron chi connectivity index (χ3n) is 6.46. The number of carboxylic acid groups (broad SMARTS) is 1. The SMILES string of the molecule is CC(=O)O[C@H](C[C@@H](C(C)C)N(C)C(=O)OC(C)(C)C)c1nc(C(=O)N[C@H](Cc2ccccc2)C[C@H](C)C(=O)O)cs1. The van der Waals surface area contributed by atoms with E-state index in [-0.39, 0.29) is 30.5 Å². The highest BCUT2D eigenvalue weighted by Crippen LogP contribution is 2.31. The Bertz CT molecular complexity index is 1180. The molecule has 0 fully saturated rings. The second kappa shape index (κ2) is 15.0. The topological polar surface area (TPSA) is 135 Å².